The summed E-state index contributed by atoms with van der Waals surface area (Å²) >= 11 is 1.55. The molecule has 0 saturated carbocycles. The summed E-state index contributed by atoms with van der Waals surface area (Å²) in [6.07, 6.45) is 4.44. The van der Waals surface area contributed by atoms with Gasteiger partial charge in [-0.3, -0.25) is 9.78 Å². The summed E-state index contributed by atoms with van der Waals surface area (Å²) in [6, 6.07) is 3.14. The van der Waals surface area contributed by atoms with Crippen LogP contribution in [-0.4, -0.2) is 33.6 Å². The first-order valence-electron chi connectivity index (χ1n) is 4.65. The molecule has 15 heavy (non-hydrogen) atoms. The van der Waals surface area contributed by atoms with Crippen LogP contribution in [0.3, 0.4) is 0 Å². The zero-order chi connectivity index (χ0) is 11.1. The van der Waals surface area contributed by atoms with E-state index in [1.807, 2.05) is 18.3 Å². The van der Waals surface area contributed by atoms with Crippen LogP contribution in [0.1, 0.15) is 5.56 Å². The third-order valence-corrected chi connectivity index (χ3v) is 2.96. The van der Waals surface area contributed by atoms with Crippen LogP contribution in [0, 0.1) is 0 Å². The number of rotatable bonds is 6. The smallest absolute Gasteiger partial charge is 0.321 e. The minimum Gasteiger partial charge on any atom is -0.480 e. The maximum atomic E-state index is 10.4. The highest BCUT2D eigenvalue weighted by Crippen LogP contribution is 2.06. The SMILES string of the molecule is N[C@@H](CSCCc1cccnc1)C(=O)O. The highest BCUT2D eigenvalue weighted by Gasteiger charge is 2.10. The second-order valence-corrected chi connectivity index (χ2v) is 4.28. The number of nitrogens with two attached hydrogens (primary N) is 1. The van der Waals surface area contributed by atoms with Crippen molar-refractivity contribution in [2.45, 2.75) is 12.5 Å². The fourth-order valence-corrected chi connectivity index (χ4v) is 1.96. The fraction of sp³-hybridized carbons (Fsp3) is 0.400. The minimum atomic E-state index is -0.941. The predicted molar refractivity (Wildman–Crippen MR) is 60.9 cm³/mol. The van der Waals surface area contributed by atoms with Gasteiger partial charge in [-0.05, 0) is 23.8 Å². The molecular weight excluding hydrogens is 212 g/mol. The van der Waals surface area contributed by atoms with Gasteiger partial charge in [0.1, 0.15) is 6.04 Å². The Morgan fingerprint density at radius 3 is 3.07 bits per heavy atom. The molecule has 0 aliphatic carbocycles. The lowest BCUT2D eigenvalue weighted by Crippen LogP contribution is -2.32. The van der Waals surface area contributed by atoms with Crippen LogP contribution in [0.5, 0.6) is 0 Å². The molecule has 1 aromatic heterocycles. The number of thioether (sulfide) groups is 1. The second kappa shape index (κ2) is 6.42. The van der Waals surface area contributed by atoms with Crippen LogP contribution < -0.4 is 5.73 Å². The maximum absolute atomic E-state index is 10.4. The van der Waals surface area contributed by atoms with Crippen molar-refractivity contribution in [1.29, 1.82) is 0 Å². The topological polar surface area (TPSA) is 76.2 Å². The molecule has 0 bridgehead atoms. The highest BCUT2D eigenvalue weighted by molar-refractivity contribution is 7.99. The van der Waals surface area contributed by atoms with Crippen LogP contribution >= 0.6 is 11.8 Å². The number of nitrogens with zero attached hydrogens (tertiary/aromatic N) is 1. The third kappa shape index (κ3) is 4.80. The number of carbonyl (C=O) groups is 1. The van der Waals surface area contributed by atoms with Gasteiger partial charge in [0.2, 0.25) is 0 Å². The number of hydrogen-bond donors (Lipinski definition) is 2. The second-order valence-electron chi connectivity index (χ2n) is 3.13. The van der Waals surface area contributed by atoms with E-state index in [9.17, 15) is 4.79 Å². The summed E-state index contributed by atoms with van der Waals surface area (Å²) in [7, 11) is 0. The molecule has 82 valence electrons. The van der Waals surface area contributed by atoms with E-state index in [1.165, 1.54) is 0 Å². The van der Waals surface area contributed by atoms with E-state index in [0.717, 1.165) is 17.7 Å². The average molecular weight is 226 g/mol. The largest absolute Gasteiger partial charge is 0.480 e. The molecule has 0 aliphatic rings. The number of carboxylic acid groups (broad SMARTS) is 1. The van der Waals surface area contributed by atoms with Crippen LogP contribution in [0.4, 0.5) is 0 Å². The first-order chi connectivity index (χ1) is 7.20. The van der Waals surface area contributed by atoms with Crippen molar-refractivity contribution in [2.24, 2.45) is 5.73 Å². The van der Waals surface area contributed by atoms with E-state index < -0.39 is 12.0 Å². The zero-order valence-corrected chi connectivity index (χ0v) is 9.11. The van der Waals surface area contributed by atoms with Gasteiger partial charge in [0.05, 0.1) is 0 Å². The van der Waals surface area contributed by atoms with Gasteiger partial charge in [-0.15, -0.1) is 0 Å². The summed E-state index contributed by atoms with van der Waals surface area (Å²) in [6.45, 7) is 0. The summed E-state index contributed by atoms with van der Waals surface area (Å²) in [5, 5.41) is 8.55. The molecule has 0 spiro atoms. The van der Waals surface area contributed by atoms with E-state index in [-0.39, 0.29) is 0 Å². The predicted octanol–water partition coefficient (Wildman–Crippen LogP) is 0.769. The van der Waals surface area contributed by atoms with Gasteiger partial charge in [-0.1, -0.05) is 6.07 Å². The lowest BCUT2D eigenvalue weighted by molar-refractivity contribution is -0.137. The first-order valence-corrected chi connectivity index (χ1v) is 5.80. The normalized spacial score (nSPS) is 12.3. The molecule has 0 amide bonds. The van der Waals surface area contributed by atoms with Crippen molar-refractivity contribution in [1.82, 2.24) is 4.98 Å². The van der Waals surface area contributed by atoms with Crippen molar-refractivity contribution in [2.75, 3.05) is 11.5 Å². The molecular formula is C10H14N2O2S. The number of aromatic nitrogens is 1. The summed E-state index contributed by atoms with van der Waals surface area (Å²) in [4.78, 5) is 14.4. The number of hydrogen-bond acceptors (Lipinski definition) is 4. The van der Waals surface area contributed by atoms with Gasteiger partial charge in [0, 0.05) is 18.1 Å². The van der Waals surface area contributed by atoms with Crippen LogP contribution in [-0.2, 0) is 11.2 Å². The molecule has 3 N–H and O–H groups in total. The van der Waals surface area contributed by atoms with Gasteiger partial charge in [0.15, 0.2) is 0 Å². The fourth-order valence-electron chi connectivity index (χ4n) is 1.02. The van der Waals surface area contributed by atoms with Gasteiger partial charge in [-0.2, -0.15) is 11.8 Å². The quantitative estimate of drug-likeness (QED) is 0.701. The molecule has 0 aromatic carbocycles. The van der Waals surface area contributed by atoms with Crippen LogP contribution in [0.25, 0.3) is 0 Å². The highest BCUT2D eigenvalue weighted by atomic mass is 32.2. The van der Waals surface area contributed by atoms with Gasteiger partial charge < -0.3 is 10.8 Å². The molecule has 0 aliphatic heterocycles. The number of carboxylic acids is 1. The lowest BCUT2D eigenvalue weighted by atomic mass is 10.2. The van der Waals surface area contributed by atoms with Gasteiger partial charge >= 0.3 is 5.97 Å². The molecule has 5 heteroatoms. The van der Waals surface area contributed by atoms with E-state index in [4.69, 9.17) is 10.8 Å². The molecule has 0 saturated heterocycles. The molecule has 0 unspecified atom stereocenters. The minimum absolute atomic E-state index is 0.454. The number of aryl methyl sites for hydroxylation is 1. The Kier molecular flexibility index (Phi) is 5.14. The summed E-state index contributed by atoms with van der Waals surface area (Å²) in [5.41, 5.74) is 6.52. The first kappa shape index (κ1) is 12.0. The Bertz CT molecular complexity index is 306. The molecule has 1 atom stereocenters. The monoisotopic (exact) mass is 226 g/mol. The Balaban J connectivity index is 2.15. The van der Waals surface area contributed by atoms with Gasteiger partial charge in [-0.25, -0.2) is 0 Å². The van der Waals surface area contributed by atoms with E-state index in [2.05, 4.69) is 4.98 Å². The Morgan fingerprint density at radius 1 is 1.67 bits per heavy atom. The van der Waals surface area contributed by atoms with Crippen molar-refractivity contribution >= 4 is 17.7 Å². The summed E-state index contributed by atoms with van der Waals surface area (Å²) in [5.74, 6) is 0.381. The Hall–Kier alpha value is -1.07. The zero-order valence-electron chi connectivity index (χ0n) is 8.30. The molecule has 1 heterocycles. The average Bonchev–Trinajstić information content (AvgIpc) is 2.25. The molecule has 0 fully saturated rings. The molecule has 4 nitrogen and oxygen atoms in total. The van der Waals surface area contributed by atoms with E-state index in [0.29, 0.717) is 5.75 Å². The van der Waals surface area contributed by atoms with E-state index in [1.54, 1.807) is 18.0 Å². The molecule has 0 radical (unpaired) electrons. The summed E-state index contributed by atoms with van der Waals surface area (Å²) < 4.78 is 0. The van der Waals surface area contributed by atoms with Crippen LogP contribution in [0.2, 0.25) is 0 Å². The number of aliphatic carboxylic acids is 1. The van der Waals surface area contributed by atoms with Crippen molar-refractivity contribution in [3.63, 3.8) is 0 Å². The Morgan fingerprint density at radius 2 is 2.47 bits per heavy atom. The maximum Gasteiger partial charge on any atom is 0.321 e. The molecule has 1 aromatic rings. The third-order valence-electron chi connectivity index (χ3n) is 1.87. The number of pyridine rings is 1. The van der Waals surface area contributed by atoms with Crippen LogP contribution in [0.15, 0.2) is 24.5 Å². The standard InChI is InChI=1S/C10H14N2O2S/c11-9(10(13)14)7-15-5-3-8-2-1-4-12-6-8/h1-2,4,6,9H,3,5,7,11H2,(H,13,14)/t9-/m0/s1. The van der Waals surface area contributed by atoms with Gasteiger partial charge in [0.25, 0.3) is 0 Å². The van der Waals surface area contributed by atoms with Crippen molar-refractivity contribution in [3.05, 3.63) is 30.1 Å². The Labute approximate surface area is 92.9 Å². The van der Waals surface area contributed by atoms with Crippen molar-refractivity contribution < 1.29 is 9.90 Å². The van der Waals surface area contributed by atoms with Crippen molar-refractivity contribution in [3.8, 4) is 0 Å². The lowest BCUT2D eigenvalue weighted by Gasteiger charge is -2.05. The molecule has 1 rings (SSSR count). The van der Waals surface area contributed by atoms with E-state index >= 15 is 0 Å².